The number of hydrogen-bond acceptors (Lipinski definition) is 4. The van der Waals surface area contributed by atoms with Crippen LogP contribution in [0.2, 0.25) is 0 Å². The molecule has 0 bridgehead atoms. The number of nitrogens with zero attached hydrogens (tertiary/aromatic N) is 1. The summed E-state index contributed by atoms with van der Waals surface area (Å²) in [5.41, 5.74) is 5.61. The Hall–Kier alpha value is -0.920. The predicted molar refractivity (Wildman–Crippen MR) is 54.5 cm³/mol. The Morgan fingerprint density at radius 2 is 2.33 bits per heavy atom. The number of imidazole rings is 1. The number of aromatic nitrogens is 2. The van der Waals surface area contributed by atoms with Gasteiger partial charge in [-0.2, -0.15) is 0 Å². The molecular formula is C8H14N4O2S. The molecule has 0 atom stereocenters. The molecule has 6 nitrogen and oxygen atoms in total. The van der Waals surface area contributed by atoms with Crippen LogP contribution in [-0.2, 0) is 10.0 Å². The van der Waals surface area contributed by atoms with Gasteiger partial charge in [0.25, 0.3) is 10.0 Å². The van der Waals surface area contributed by atoms with Crippen LogP contribution in [0.5, 0.6) is 0 Å². The number of nitrogens with one attached hydrogen (secondary N) is 2. The molecule has 1 aliphatic carbocycles. The standard InChI is InChI=1S/C8H14N4O2S/c9-7-1-6(2-7)3-12-15(13,14)8-4-10-5-11-8/h4-7,12H,1-3,9H2,(H,10,11). The van der Waals surface area contributed by atoms with Crippen molar-refractivity contribution in [3.63, 3.8) is 0 Å². The highest BCUT2D eigenvalue weighted by molar-refractivity contribution is 7.89. The zero-order valence-corrected chi connectivity index (χ0v) is 9.00. The first-order valence-electron chi connectivity index (χ1n) is 4.81. The summed E-state index contributed by atoms with van der Waals surface area (Å²) < 4.78 is 25.7. The third-order valence-electron chi connectivity index (χ3n) is 2.60. The fourth-order valence-electron chi connectivity index (χ4n) is 1.65. The summed E-state index contributed by atoms with van der Waals surface area (Å²) in [7, 11) is -3.41. The fraction of sp³-hybridized carbons (Fsp3) is 0.625. The molecule has 0 radical (unpaired) electrons. The Labute approximate surface area is 88.3 Å². The van der Waals surface area contributed by atoms with Gasteiger partial charge in [0, 0.05) is 12.6 Å². The molecule has 84 valence electrons. The van der Waals surface area contributed by atoms with E-state index in [4.69, 9.17) is 5.73 Å². The third-order valence-corrected chi connectivity index (χ3v) is 3.95. The number of H-pyrrole nitrogens is 1. The lowest BCUT2D eigenvalue weighted by Crippen LogP contribution is -2.42. The maximum Gasteiger partial charge on any atom is 0.257 e. The van der Waals surface area contributed by atoms with E-state index in [0.717, 1.165) is 12.8 Å². The topological polar surface area (TPSA) is 101 Å². The average molecular weight is 230 g/mol. The molecule has 0 aliphatic heterocycles. The zero-order chi connectivity index (χ0) is 10.9. The van der Waals surface area contributed by atoms with Crippen molar-refractivity contribution in [2.24, 2.45) is 11.7 Å². The van der Waals surface area contributed by atoms with E-state index in [1.165, 1.54) is 12.5 Å². The minimum Gasteiger partial charge on any atom is -0.335 e. The number of sulfonamides is 1. The van der Waals surface area contributed by atoms with E-state index in [1.54, 1.807) is 0 Å². The second-order valence-electron chi connectivity index (χ2n) is 3.87. The van der Waals surface area contributed by atoms with Crippen molar-refractivity contribution in [3.8, 4) is 0 Å². The fourth-order valence-corrected chi connectivity index (χ4v) is 2.67. The van der Waals surface area contributed by atoms with Crippen molar-refractivity contribution in [2.75, 3.05) is 6.54 Å². The average Bonchev–Trinajstić information content (AvgIpc) is 2.63. The molecule has 4 N–H and O–H groups in total. The van der Waals surface area contributed by atoms with E-state index in [-0.39, 0.29) is 11.1 Å². The highest BCUT2D eigenvalue weighted by atomic mass is 32.2. The molecule has 2 rings (SSSR count). The van der Waals surface area contributed by atoms with Gasteiger partial charge < -0.3 is 10.7 Å². The summed E-state index contributed by atoms with van der Waals surface area (Å²) in [6.45, 7) is 0.453. The van der Waals surface area contributed by atoms with Crippen LogP contribution in [0.1, 0.15) is 12.8 Å². The Bertz CT molecular complexity index is 408. The molecule has 1 heterocycles. The van der Waals surface area contributed by atoms with Crippen LogP contribution in [0.4, 0.5) is 0 Å². The minimum atomic E-state index is -3.41. The summed E-state index contributed by atoms with van der Waals surface area (Å²) in [4.78, 5) is 6.23. The van der Waals surface area contributed by atoms with E-state index in [1.807, 2.05) is 0 Å². The number of aromatic amines is 1. The molecule has 1 aromatic heterocycles. The molecule has 7 heteroatoms. The molecule has 0 aromatic carbocycles. The smallest absolute Gasteiger partial charge is 0.257 e. The van der Waals surface area contributed by atoms with Crippen molar-refractivity contribution in [2.45, 2.75) is 23.9 Å². The van der Waals surface area contributed by atoms with Crippen LogP contribution in [0.15, 0.2) is 17.6 Å². The van der Waals surface area contributed by atoms with Gasteiger partial charge in [-0.1, -0.05) is 0 Å². The normalized spacial score (nSPS) is 26.2. The van der Waals surface area contributed by atoms with Gasteiger partial charge in [0.2, 0.25) is 0 Å². The second kappa shape index (κ2) is 3.92. The molecule has 0 unspecified atom stereocenters. The van der Waals surface area contributed by atoms with Gasteiger partial charge in [-0.3, -0.25) is 0 Å². The molecule has 0 amide bonds. The minimum absolute atomic E-state index is 0.103. The molecule has 1 fully saturated rings. The van der Waals surface area contributed by atoms with Gasteiger partial charge in [-0.05, 0) is 18.8 Å². The SMILES string of the molecule is NC1CC(CNS(=O)(=O)c2cnc[nH]2)C1. The third kappa shape index (κ3) is 2.36. The second-order valence-corrected chi connectivity index (χ2v) is 5.60. The number of hydrogen-bond donors (Lipinski definition) is 3. The monoisotopic (exact) mass is 230 g/mol. The van der Waals surface area contributed by atoms with E-state index < -0.39 is 10.0 Å². The summed E-state index contributed by atoms with van der Waals surface area (Å²) in [6.07, 6.45) is 4.42. The maximum absolute atomic E-state index is 11.6. The number of nitrogens with two attached hydrogens (primary N) is 1. The first kappa shape index (κ1) is 10.6. The molecule has 0 spiro atoms. The van der Waals surface area contributed by atoms with Crippen LogP contribution < -0.4 is 10.5 Å². The molecule has 1 saturated carbocycles. The van der Waals surface area contributed by atoms with Crippen LogP contribution in [-0.4, -0.2) is 31.0 Å². The maximum atomic E-state index is 11.6. The van der Waals surface area contributed by atoms with Gasteiger partial charge in [-0.25, -0.2) is 18.1 Å². The van der Waals surface area contributed by atoms with Gasteiger partial charge in [0.15, 0.2) is 5.03 Å². The van der Waals surface area contributed by atoms with Crippen molar-refractivity contribution < 1.29 is 8.42 Å². The van der Waals surface area contributed by atoms with Gasteiger partial charge in [0.1, 0.15) is 0 Å². The number of rotatable bonds is 4. The molecule has 1 aliphatic rings. The zero-order valence-electron chi connectivity index (χ0n) is 8.18. The molecular weight excluding hydrogens is 216 g/mol. The Morgan fingerprint density at radius 3 is 2.87 bits per heavy atom. The Morgan fingerprint density at radius 1 is 1.60 bits per heavy atom. The molecule has 15 heavy (non-hydrogen) atoms. The van der Waals surface area contributed by atoms with E-state index in [0.29, 0.717) is 12.5 Å². The molecule has 1 aromatic rings. The quantitative estimate of drug-likeness (QED) is 0.644. The highest BCUT2D eigenvalue weighted by Crippen LogP contribution is 2.24. The summed E-state index contributed by atoms with van der Waals surface area (Å²) in [5, 5.41) is 0.103. The summed E-state index contributed by atoms with van der Waals surface area (Å²) in [6, 6.07) is 0.242. The molecule has 0 saturated heterocycles. The Kier molecular flexibility index (Phi) is 2.76. The van der Waals surface area contributed by atoms with Crippen LogP contribution in [0.25, 0.3) is 0 Å². The summed E-state index contributed by atoms with van der Waals surface area (Å²) >= 11 is 0. The van der Waals surface area contributed by atoms with Crippen molar-refractivity contribution in [3.05, 3.63) is 12.5 Å². The lowest BCUT2D eigenvalue weighted by molar-refractivity contribution is 0.267. The Balaban J connectivity index is 1.89. The van der Waals surface area contributed by atoms with E-state index in [9.17, 15) is 8.42 Å². The van der Waals surface area contributed by atoms with E-state index in [2.05, 4.69) is 14.7 Å². The van der Waals surface area contributed by atoms with Gasteiger partial charge in [-0.15, -0.1) is 0 Å². The lowest BCUT2D eigenvalue weighted by atomic mass is 9.81. The van der Waals surface area contributed by atoms with Crippen LogP contribution in [0, 0.1) is 5.92 Å². The van der Waals surface area contributed by atoms with Crippen molar-refractivity contribution in [1.29, 1.82) is 0 Å². The van der Waals surface area contributed by atoms with Crippen molar-refractivity contribution >= 4 is 10.0 Å². The first-order valence-corrected chi connectivity index (χ1v) is 6.30. The van der Waals surface area contributed by atoms with Crippen LogP contribution in [0.3, 0.4) is 0 Å². The van der Waals surface area contributed by atoms with E-state index >= 15 is 0 Å². The highest BCUT2D eigenvalue weighted by Gasteiger charge is 2.27. The largest absolute Gasteiger partial charge is 0.335 e. The first-order chi connectivity index (χ1) is 7.08. The summed E-state index contributed by atoms with van der Waals surface area (Å²) in [5.74, 6) is 0.373. The lowest BCUT2D eigenvalue weighted by Gasteiger charge is -2.32. The van der Waals surface area contributed by atoms with Gasteiger partial charge in [0.05, 0.1) is 12.5 Å². The van der Waals surface area contributed by atoms with Crippen molar-refractivity contribution in [1.82, 2.24) is 14.7 Å². The van der Waals surface area contributed by atoms with Gasteiger partial charge >= 0.3 is 0 Å². The predicted octanol–water partition coefficient (Wildman–Crippen LogP) is -0.575. The van der Waals surface area contributed by atoms with Crippen LogP contribution >= 0.6 is 0 Å².